The number of unbranched alkanes of at least 4 members (excludes halogenated alkanes) is 1. The Balaban J connectivity index is 0.00000500. The van der Waals surface area contributed by atoms with Gasteiger partial charge in [0.05, 0.1) is 39.4 Å². The summed E-state index contributed by atoms with van der Waals surface area (Å²) >= 11 is 0. The van der Waals surface area contributed by atoms with Crippen LogP contribution in [0.5, 0.6) is 11.5 Å². The number of hydrogen-bond acceptors (Lipinski definition) is 3. The second-order valence-electron chi connectivity index (χ2n) is 12.7. The van der Waals surface area contributed by atoms with Crippen molar-refractivity contribution in [2.24, 2.45) is 0 Å². The number of aryl methyl sites for hydroxylation is 2. The third-order valence-electron chi connectivity index (χ3n) is 9.54. The van der Waals surface area contributed by atoms with Crippen molar-refractivity contribution in [2.45, 2.75) is 53.6 Å². The molecule has 0 saturated heterocycles. The van der Waals surface area contributed by atoms with E-state index in [4.69, 9.17) is 9.47 Å². The molecule has 0 unspecified atom stereocenters. The fraction of sp³-hybridized carbons (Fsp3) is 0.341. The summed E-state index contributed by atoms with van der Waals surface area (Å²) in [7, 11) is 3.29. The molecule has 0 saturated carbocycles. The molecule has 0 aliphatic rings. The highest BCUT2D eigenvalue weighted by atomic mass is 79.9. The predicted octanol–water partition coefficient (Wildman–Crippen LogP) is 6.11. The van der Waals surface area contributed by atoms with Crippen LogP contribution in [0.1, 0.15) is 59.3 Å². The molecule has 5 nitrogen and oxygen atoms in total. The Labute approximate surface area is 291 Å². The van der Waals surface area contributed by atoms with Gasteiger partial charge in [-0.25, -0.2) is 0 Å². The normalized spacial score (nSPS) is 11.4. The number of benzene rings is 5. The molecule has 0 spiro atoms. The summed E-state index contributed by atoms with van der Waals surface area (Å²) in [6, 6.07) is 31.6. The molecule has 0 bridgehead atoms. The van der Waals surface area contributed by atoms with Gasteiger partial charge in [-0.1, -0.05) is 77.9 Å². The Morgan fingerprint density at radius 3 is 2.06 bits per heavy atom. The molecule has 0 aromatic heterocycles. The van der Waals surface area contributed by atoms with E-state index in [9.17, 15) is 4.79 Å². The highest BCUT2D eigenvalue weighted by Gasteiger charge is 2.25. The Hall–Kier alpha value is -3.87. The molecular weight excluding hydrogens is 648 g/mol. The number of ether oxygens (including phenoxy) is 2. The minimum absolute atomic E-state index is 0. The summed E-state index contributed by atoms with van der Waals surface area (Å²) in [5.41, 5.74) is 5.76. The van der Waals surface area contributed by atoms with Gasteiger partial charge < -0.3 is 35.8 Å². The van der Waals surface area contributed by atoms with Crippen molar-refractivity contribution < 1.29 is 35.7 Å². The van der Waals surface area contributed by atoms with Crippen molar-refractivity contribution >= 4 is 27.5 Å². The molecular formula is C41H49BrN2O3. The Bertz CT molecular complexity index is 1790. The molecule has 0 fully saturated rings. The third kappa shape index (κ3) is 8.54. The van der Waals surface area contributed by atoms with Crippen LogP contribution in [0.4, 0.5) is 0 Å². The van der Waals surface area contributed by atoms with Gasteiger partial charge in [-0.3, -0.25) is 4.79 Å². The first kappa shape index (κ1) is 36.0. The molecule has 1 amide bonds. The zero-order valence-electron chi connectivity index (χ0n) is 28.8. The lowest BCUT2D eigenvalue weighted by molar-refractivity contribution is -0.938. The van der Waals surface area contributed by atoms with E-state index in [2.05, 4.69) is 88.4 Å². The number of methoxy groups -OCH3 is 2. The average Bonchev–Trinajstić information content (AvgIpc) is 3.07. The Morgan fingerprint density at radius 1 is 0.702 bits per heavy atom. The van der Waals surface area contributed by atoms with Gasteiger partial charge in [-0.2, -0.15) is 0 Å². The number of fused-ring (bicyclic) bond motifs is 2. The van der Waals surface area contributed by atoms with E-state index < -0.39 is 0 Å². The van der Waals surface area contributed by atoms with Crippen LogP contribution in [0.2, 0.25) is 0 Å². The third-order valence-corrected chi connectivity index (χ3v) is 9.54. The number of quaternary nitrogens is 1. The second kappa shape index (κ2) is 16.3. The average molecular weight is 698 g/mol. The number of amides is 1. The number of hydrogen-bond donors (Lipinski definition) is 0. The van der Waals surface area contributed by atoms with Crippen molar-refractivity contribution in [3.8, 4) is 11.5 Å². The van der Waals surface area contributed by atoms with Crippen molar-refractivity contribution in [3.05, 3.63) is 119 Å². The lowest BCUT2D eigenvalue weighted by Crippen LogP contribution is -3.00. The number of carbonyl (C=O) groups is 1. The fourth-order valence-electron chi connectivity index (χ4n) is 6.91. The molecule has 0 aliphatic heterocycles. The predicted molar refractivity (Wildman–Crippen MR) is 191 cm³/mol. The van der Waals surface area contributed by atoms with Crippen LogP contribution in [-0.2, 0) is 13.1 Å². The van der Waals surface area contributed by atoms with Gasteiger partial charge in [0, 0.05) is 24.0 Å². The monoisotopic (exact) mass is 696 g/mol. The standard InChI is InChI=1S/C41H49N2O3.BrH/c1-7-43(8-2,29-33-23-30(3)22-31(4)24-33)21-12-11-20-42(28-32-18-19-34-14-9-10-15-35(34)25-32)41(44)38-26-36-16-13-17-39(45-5)37(36)27-40(38)46-6;/h9-10,13-19,22-27H,7-8,11-12,20-21,28-29H2,1-6H3;1H/q+1;/p-1. The van der Waals surface area contributed by atoms with Crippen LogP contribution >= 0.6 is 0 Å². The Kier molecular flexibility index (Phi) is 12.5. The SMILES string of the molecule is CC[N+](CC)(CCCCN(Cc1ccc2ccccc2c1)C(=O)c1cc2cccc(OC)c2cc1OC)Cc1cc(C)cc(C)c1.[Br-]. The summed E-state index contributed by atoms with van der Waals surface area (Å²) in [5.74, 6) is 1.31. The topological polar surface area (TPSA) is 38.8 Å². The molecule has 47 heavy (non-hydrogen) atoms. The van der Waals surface area contributed by atoms with Crippen molar-refractivity contribution in [2.75, 3.05) is 40.4 Å². The van der Waals surface area contributed by atoms with E-state index in [1.807, 2.05) is 35.2 Å². The quantitative estimate of drug-likeness (QED) is 0.104. The second-order valence-corrected chi connectivity index (χ2v) is 12.7. The minimum atomic E-state index is -0.0169. The van der Waals surface area contributed by atoms with Crippen LogP contribution in [0.3, 0.4) is 0 Å². The molecule has 248 valence electrons. The molecule has 0 atom stereocenters. The lowest BCUT2D eigenvalue weighted by Gasteiger charge is -2.37. The van der Waals surface area contributed by atoms with E-state index in [-0.39, 0.29) is 22.9 Å². The fourth-order valence-corrected chi connectivity index (χ4v) is 6.91. The first-order valence-electron chi connectivity index (χ1n) is 16.6. The van der Waals surface area contributed by atoms with Gasteiger partial charge >= 0.3 is 0 Å². The number of nitrogens with zero attached hydrogens (tertiary/aromatic N) is 2. The highest BCUT2D eigenvalue weighted by Crippen LogP contribution is 2.33. The molecule has 5 rings (SSSR count). The first-order valence-corrected chi connectivity index (χ1v) is 16.6. The van der Waals surface area contributed by atoms with Crippen LogP contribution < -0.4 is 26.5 Å². The molecule has 0 radical (unpaired) electrons. The van der Waals surface area contributed by atoms with E-state index in [0.29, 0.717) is 24.4 Å². The van der Waals surface area contributed by atoms with Gasteiger partial charge in [0.15, 0.2) is 0 Å². The van der Waals surface area contributed by atoms with E-state index in [1.165, 1.54) is 27.5 Å². The molecule has 0 aliphatic carbocycles. The highest BCUT2D eigenvalue weighted by molar-refractivity contribution is 6.03. The van der Waals surface area contributed by atoms with Gasteiger partial charge in [0.25, 0.3) is 5.91 Å². The number of carbonyl (C=O) groups excluding carboxylic acids is 1. The van der Waals surface area contributed by atoms with E-state index in [0.717, 1.165) is 65.6 Å². The Morgan fingerprint density at radius 2 is 1.38 bits per heavy atom. The van der Waals surface area contributed by atoms with Crippen LogP contribution in [0, 0.1) is 13.8 Å². The van der Waals surface area contributed by atoms with Gasteiger partial charge in [0.2, 0.25) is 0 Å². The van der Waals surface area contributed by atoms with Crippen molar-refractivity contribution in [1.29, 1.82) is 0 Å². The summed E-state index contributed by atoms with van der Waals surface area (Å²) in [5, 5.41) is 4.26. The number of halogens is 1. The first-order chi connectivity index (χ1) is 22.3. The molecule has 6 heteroatoms. The maximum atomic E-state index is 14.4. The number of rotatable bonds is 14. The van der Waals surface area contributed by atoms with Gasteiger partial charge in [-0.05, 0) is 86.5 Å². The van der Waals surface area contributed by atoms with Crippen LogP contribution in [-0.4, -0.2) is 55.7 Å². The maximum Gasteiger partial charge on any atom is 0.257 e. The zero-order valence-corrected chi connectivity index (χ0v) is 30.4. The summed E-state index contributed by atoms with van der Waals surface area (Å²) in [6.07, 6.45) is 1.97. The largest absolute Gasteiger partial charge is 1.00 e. The summed E-state index contributed by atoms with van der Waals surface area (Å²) in [4.78, 5) is 16.4. The zero-order chi connectivity index (χ0) is 32.7. The van der Waals surface area contributed by atoms with Crippen LogP contribution in [0.15, 0.2) is 91.0 Å². The van der Waals surface area contributed by atoms with E-state index in [1.54, 1.807) is 14.2 Å². The van der Waals surface area contributed by atoms with E-state index >= 15 is 0 Å². The maximum absolute atomic E-state index is 14.4. The molecule has 0 heterocycles. The molecule has 5 aromatic carbocycles. The van der Waals surface area contributed by atoms with Crippen molar-refractivity contribution in [1.82, 2.24) is 4.90 Å². The van der Waals surface area contributed by atoms with Gasteiger partial charge in [0.1, 0.15) is 18.0 Å². The lowest BCUT2D eigenvalue weighted by atomic mass is 10.0. The van der Waals surface area contributed by atoms with Crippen LogP contribution in [0.25, 0.3) is 21.5 Å². The molecule has 0 N–H and O–H groups in total. The minimum Gasteiger partial charge on any atom is -1.00 e. The summed E-state index contributed by atoms with van der Waals surface area (Å²) < 4.78 is 12.4. The van der Waals surface area contributed by atoms with Crippen molar-refractivity contribution in [3.63, 3.8) is 0 Å². The van der Waals surface area contributed by atoms with Gasteiger partial charge in [-0.15, -0.1) is 0 Å². The summed E-state index contributed by atoms with van der Waals surface area (Å²) in [6.45, 7) is 14.5. The molecule has 5 aromatic rings. The smallest absolute Gasteiger partial charge is 0.257 e.